The predicted octanol–water partition coefficient (Wildman–Crippen LogP) is 6.72. The molecule has 1 unspecified atom stereocenters. The van der Waals surface area contributed by atoms with Crippen molar-refractivity contribution in [2.75, 3.05) is 6.54 Å². The van der Waals surface area contributed by atoms with E-state index >= 15 is 0 Å². The summed E-state index contributed by atoms with van der Waals surface area (Å²) in [6.45, 7) is 3.08. The van der Waals surface area contributed by atoms with Gasteiger partial charge in [0, 0.05) is 18.4 Å². The number of hydrogen-bond acceptors (Lipinski definition) is 1. The summed E-state index contributed by atoms with van der Waals surface area (Å²) >= 11 is 17.1. The lowest BCUT2D eigenvalue weighted by Gasteiger charge is -2.22. The standard InChI is InChI=1S/C16H15Br3ClN/c1-2-7-21-16(12-5-3-11(18)9-15(12)20)13-8-10(17)4-6-14(13)19/h3-6,8-9,16,21H,2,7H2,1H3. The molecule has 0 radical (unpaired) electrons. The molecule has 1 nitrogen and oxygen atoms in total. The second kappa shape index (κ2) is 8.11. The SMILES string of the molecule is CCCNC(c1ccc(Br)cc1Cl)c1cc(Br)ccc1Br. The lowest BCUT2D eigenvalue weighted by Crippen LogP contribution is -2.24. The first kappa shape index (κ1) is 17.5. The molecule has 0 aliphatic carbocycles. The molecular formula is C16H15Br3ClN. The molecule has 0 saturated heterocycles. The number of rotatable bonds is 5. The molecule has 5 heteroatoms. The first-order chi connectivity index (χ1) is 10.0. The molecule has 0 aromatic heterocycles. The molecule has 0 fully saturated rings. The predicted molar refractivity (Wildman–Crippen MR) is 101 cm³/mol. The average Bonchev–Trinajstić information content (AvgIpc) is 2.44. The second-order valence-corrected chi connectivity index (χ2v) is 7.81. The zero-order valence-electron chi connectivity index (χ0n) is 11.5. The summed E-state index contributed by atoms with van der Waals surface area (Å²) in [7, 11) is 0. The first-order valence-corrected chi connectivity index (χ1v) is 9.42. The number of halogens is 4. The van der Waals surface area contributed by atoms with E-state index in [1.165, 1.54) is 5.56 Å². The number of benzene rings is 2. The van der Waals surface area contributed by atoms with Crippen LogP contribution in [0.4, 0.5) is 0 Å². The van der Waals surface area contributed by atoms with Crippen molar-refractivity contribution in [3.8, 4) is 0 Å². The van der Waals surface area contributed by atoms with Gasteiger partial charge in [0.15, 0.2) is 0 Å². The van der Waals surface area contributed by atoms with Crippen LogP contribution in [-0.4, -0.2) is 6.54 Å². The van der Waals surface area contributed by atoms with Gasteiger partial charge in [0.05, 0.1) is 6.04 Å². The first-order valence-electron chi connectivity index (χ1n) is 6.66. The molecule has 0 aliphatic rings. The second-order valence-electron chi connectivity index (χ2n) is 4.72. The Balaban J connectivity index is 2.49. The fourth-order valence-corrected chi connectivity index (χ4v) is 3.78. The van der Waals surface area contributed by atoms with Gasteiger partial charge in [0.2, 0.25) is 0 Å². The largest absolute Gasteiger partial charge is 0.306 e. The van der Waals surface area contributed by atoms with Crippen LogP contribution < -0.4 is 5.32 Å². The van der Waals surface area contributed by atoms with Crippen LogP contribution in [0.25, 0.3) is 0 Å². The molecule has 1 N–H and O–H groups in total. The van der Waals surface area contributed by atoms with Crippen LogP contribution in [0.15, 0.2) is 49.8 Å². The molecule has 0 heterocycles. The summed E-state index contributed by atoms with van der Waals surface area (Å²) in [5, 5.41) is 4.33. The third-order valence-corrected chi connectivity index (χ3v) is 5.18. The summed E-state index contributed by atoms with van der Waals surface area (Å²) in [4.78, 5) is 0. The minimum absolute atomic E-state index is 0.0532. The maximum Gasteiger partial charge on any atom is 0.0603 e. The monoisotopic (exact) mass is 493 g/mol. The molecule has 0 aliphatic heterocycles. The van der Waals surface area contributed by atoms with Crippen molar-refractivity contribution in [2.45, 2.75) is 19.4 Å². The summed E-state index contributed by atoms with van der Waals surface area (Å²) in [5.74, 6) is 0. The molecular weight excluding hydrogens is 481 g/mol. The molecule has 0 amide bonds. The third-order valence-electron chi connectivity index (χ3n) is 3.14. The highest BCUT2D eigenvalue weighted by molar-refractivity contribution is 9.11. The summed E-state index contributed by atoms with van der Waals surface area (Å²) in [6.07, 6.45) is 1.07. The number of nitrogens with one attached hydrogen (secondary N) is 1. The highest BCUT2D eigenvalue weighted by Gasteiger charge is 2.19. The van der Waals surface area contributed by atoms with Crippen LogP contribution in [0, 0.1) is 0 Å². The minimum atomic E-state index is 0.0532. The van der Waals surface area contributed by atoms with Gasteiger partial charge in [-0.1, -0.05) is 72.4 Å². The van der Waals surface area contributed by atoms with E-state index in [9.17, 15) is 0 Å². The van der Waals surface area contributed by atoms with Crippen molar-refractivity contribution < 1.29 is 0 Å². The maximum atomic E-state index is 6.45. The van der Waals surface area contributed by atoms with Gasteiger partial charge in [0.1, 0.15) is 0 Å². The highest BCUT2D eigenvalue weighted by Crippen LogP contribution is 2.35. The third kappa shape index (κ3) is 4.55. The average molecular weight is 496 g/mol. The summed E-state index contributed by atoms with van der Waals surface area (Å²) in [6, 6.07) is 12.3. The van der Waals surface area contributed by atoms with Crippen LogP contribution >= 0.6 is 59.4 Å². The molecule has 0 spiro atoms. The van der Waals surface area contributed by atoms with Crippen LogP contribution in [0.3, 0.4) is 0 Å². The minimum Gasteiger partial charge on any atom is -0.306 e. The van der Waals surface area contributed by atoms with Gasteiger partial charge in [-0.15, -0.1) is 0 Å². The van der Waals surface area contributed by atoms with Crippen LogP contribution in [0.5, 0.6) is 0 Å². The lowest BCUT2D eigenvalue weighted by molar-refractivity contribution is 0.597. The van der Waals surface area contributed by atoms with E-state index in [1.807, 2.05) is 24.3 Å². The van der Waals surface area contributed by atoms with Gasteiger partial charge >= 0.3 is 0 Å². The van der Waals surface area contributed by atoms with E-state index < -0.39 is 0 Å². The van der Waals surface area contributed by atoms with Crippen molar-refractivity contribution >= 4 is 59.4 Å². The molecule has 1 atom stereocenters. The fraction of sp³-hybridized carbons (Fsp3) is 0.250. The van der Waals surface area contributed by atoms with Gasteiger partial charge in [-0.05, 0) is 54.4 Å². The maximum absolute atomic E-state index is 6.45. The Labute approximate surface area is 155 Å². The van der Waals surface area contributed by atoms with Gasteiger partial charge in [-0.25, -0.2) is 0 Å². The van der Waals surface area contributed by atoms with Crippen LogP contribution in [0.1, 0.15) is 30.5 Å². The zero-order chi connectivity index (χ0) is 15.4. The quantitative estimate of drug-likeness (QED) is 0.485. The molecule has 2 aromatic rings. The Morgan fingerprint density at radius 1 is 1.00 bits per heavy atom. The van der Waals surface area contributed by atoms with Crippen molar-refractivity contribution in [3.63, 3.8) is 0 Å². The Kier molecular flexibility index (Phi) is 6.76. The Morgan fingerprint density at radius 3 is 2.33 bits per heavy atom. The summed E-state index contributed by atoms with van der Waals surface area (Å²) < 4.78 is 3.11. The topological polar surface area (TPSA) is 12.0 Å². The molecule has 2 aromatic carbocycles. The van der Waals surface area contributed by atoms with E-state index in [0.29, 0.717) is 0 Å². The van der Waals surface area contributed by atoms with Crippen molar-refractivity contribution in [3.05, 3.63) is 66.0 Å². The molecule has 0 saturated carbocycles. The lowest BCUT2D eigenvalue weighted by atomic mass is 9.98. The Bertz CT molecular complexity index is 631. The number of hydrogen-bond donors (Lipinski definition) is 1. The van der Waals surface area contributed by atoms with Crippen molar-refractivity contribution in [1.29, 1.82) is 0 Å². The van der Waals surface area contributed by atoms with Gasteiger partial charge < -0.3 is 5.32 Å². The van der Waals surface area contributed by atoms with E-state index in [-0.39, 0.29) is 6.04 Å². The molecule has 0 bridgehead atoms. The molecule has 2 rings (SSSR count). The van der Waals surface area contributed by atoms with Gasteiger partial charge in [-0.3, -0.25) is 0 Å². The zero-order valence-corrected chi connectivity index (χ0v) is 17.0. The van der Waals surface area contributed by atoms with Crippen molar-refractivity contribution in [1.82, 2.24) is 5.32 Å². The van der Waals surface area contributed by atoms with Crippen molar-refractivity contribution in [2.24, 2.45) is 0 Å². The smallest absolute Gasteiger partial charge is 0.0603 e. The Hall–Kier alpha value is 0.130. The van der Waals surface area contributed by atoms with Crippen LogP contribution in [0.2, 0.25) is 5.02 Å². The normalized spacial score (nSPS) is 12.4. The van der Waals surface area contributed by atoms with E-state index in [0.717, 1.165) is 37.0 Å². The van der Waals surface area contributed by atoms with Crippen LogP contribution in [-0.2, 0) is 0 Å². The van der Waals surface area contributed by atoms with Gasteiger partial charge in [0.25, 0.3) is 0 Å². The van der Waals surface area contributed by atoms with Gasteiger partial charge in [-0.2, -0.15) is 0 Å². The Morgan fingerprint density at radius 2 is 1.67 bits per heavy atom. The molecule has 21 heavy (non-hydrogen) atoms. The van der Waals surface area contributed by atoms with E-state index in [2.05, 4.69) is 72.2 Å². The summed E-state index contributed by atoms with van der Waals surface area (Å²) in [5.41, 5.74) is 2.24. The highest BCUT2D eigenvalue weighted by atomic mass is 79.9. The fourth-order valence-electron chi connectivity index (χ4n) is 2.15. The molecule has 112 valence electrons. The van der Waals surface area contributed by atoms with E-state index in [1.54, 1.807) is 0 Å². The van der Waals surface area contributed by atoms with E-state index in [4.69, 9.17) is 11.6 Å².